The predicted octanol–water partition coefficient (Wildman–Crippen LogP) is 1.75. The maximum atomic E-state index is 9.93. The Balaban J connectivity index is 2.49. The van der Waals surface area contributed by atoms with Crippen molar-refractivity contribution in [1.82, 2.24) is 10.2 Å². The molecule has 4 nitrogen and oxygen atoms in total. The Morgan fingerprint density at radius 1 is 1.53 bits per heavy atom. The van der Waals surface area contributed by atoms with Crippen molar-refractivity contribution in [3.05, 3.63) is 17.8 Å². The quantitative estimate of drug-likeness (QED) is 0.775. The van der Waals surface area contributed by atoms with Gasteiger partial charge in [-0.05, 0) is 31.9 Å². The van der Waals surface area contributed by atoms with Crippen LogP contribution in [0.4, 0.5) is 5.82 Å². The van der Waals surface area contributed by atoms with Crippen LogP contribution in [0.1, 0.15) is 32.3 Å². The molecule has 0 amide bonds. The summed E-state index contributed by atoms with van der Waals surface area (Å²) in [6.45, 7) is 6.34. The first kappa shape index (κ1) is 11.9. The fourth-order valence-corrected chi connectivity index (χ4v) is 1.46. The zero-order valence-electron chi connectivity index (χ0n) is 9.62. The molecule has 1 unspecified atom stereocenters. The maximum Gasteiger partial charge on any atom is 0.149 e. The third-order valence-electron chi connectivity index (χ3n) is 2.23. The molecule has 0 aliphatic rings. The highest BCUT2D eigenvalue weighted by molar-refractivity contribution is 5.35. The number of aromatic nitrogens is 2. The van der Waals surface area contributed by atoms with Gasteiger partial charge in [-0.2, -0.15) is 5.10 Å². The van der Waals surface area contributed by atoms with Gasteiger partial charge in [0.2, 0.25) is 0 Å². The summed E-state index contributed by atoms with van der Waals surface area (Å²) in [6, 6.07) is 1.91. The lowest BCUT2D eigenvalue weighted by Gasteiger charge is -2.23. The molecule has 0 aromatic carbocycles. The first-order valence-electron chi connectivity index (χ1n) is 5.29. The Morgan fingerprint density at radius 2 is 2.27 bits per heavy atom. The van der Waals surface area contributed by atoms with E-state index in [9.17, 15) is 5.11 Å². The van der Waals surface area contributed by atoms with Crippen molar-refractivity contribution < 1.29 is 5.11 Å². The molecule has 0 radical (unpaired) electrons. The highest BCUT2D eigenvalue weighted by atomic mass is 16.3. The second kappa shape index (κ2) is 5.07. The summed E-state index contributed by atoms with van der Waals surface area (Å²) in [6.07, 6.45) is 3.45. The van der Waals surface area contributed by atoms with E-state index >= 15 is 0 Å². The molecule has 0 bridgehead atoms. The van der Waals surface area contributed by atoms with Crippen LogP contribution in [0.2, 0.25) is 0 Å². The van der Waals surface area contributed by atoms with E-state index in [4.69, 9.17) is 0 Å². The summed E-state index contributed by atoms with van der Waals surface area (Å²) >= 11 is 0. The Bertz CT molecular complexity index is 312. The largest absolute Gasteiger partial charge is 0.388 e. The zero-order valence-corrected chi connectivity index (χ0v) is 9.62. The minimum atomic E-state index is -0.680. The molecule has 0 aliphatic heterocycles. The van der Waals surface area contributed by atoms with Crippen molar-refractivity contribution in [2.45, 2.75) is 39.2 Å². The number of nitrogens with one attached hydrogen (secondary N) is 1. The van der Waals surface area contributed by atoms with Gasteiger partial charge in [-0.15, -0.1) is 5.10 Å². The minimum Gasteiger partial charge on any atom is -0.388 e. The SMILES string of the molecule is CCCC(C)(O)CNc1cc(C)cnn1. The van der Waals surface area contributed by atoms with Crippen LogP contribution >= 0.6 is 0 Å². The summed E-state index contributed by atoms with van der Waals surface area (Å²) in [5.41, 5.74) is 0.378. The maximum absolute atomic E-state index is 9.93. The first-order chi connectivity index (χ1) is 7.03. The summed E-state index contributed by atoms with van der Waals surface area (Å²) in [7, 11) is 0. The van der Waals surface area contributed by atoms with E-state index in [1.54, 1.807) is 6.20 Å². The molecular formula is C11H19N3O. The van der Waals surface area contributed by atoms with Gasteiger partial charge in [-0.25, -0.2) is 0 Å². The second-order valence-corrected chi connectivity index (χ2v) is 4.22. The van der Waals surface area contributed by atoms with Gasteiger partial charge in [-0.1, -0.05) is 13.3 Å². The smallest absolute Gasteiger partial charge is 0.149 e. The molecule has 15 heavy (non-hydrogen) atoms. The van der Waals surface area contributed by atoms with Gasteiger partial charge >= 0.3 is 0 Å². The highest BCUT2D eigenvalue weighted by Crippen LogP contribution is 2.13. The molecule has 1 heterocycles. The second-order valence-electron chi connectivity index (χ2n) is 4.22. The first-order valence-corrected chi connectivity index (χ1v) is 5.29. The number of hydrogen-bond acceptors (Lipinski definition) is 4. The Hall–Kier alpha value is -1.16. The van der Waals surface area contributed by atoms with Crippen molar-refractivity contribution in [2.24, 2.45) is 0 Å². The average Bonchev–Trinajstić information content (AvgIpc) is 2.15. The van der Waals surface area contributed by atoms with Crippen LogP contribution in [-0.4, -0.2) is 27.4 Å². The molecule has 0 spiro atoms. The van der Waals surface area contributed by atoms with E-state index < -0.39 is 5.60 Å². The minimum absolute atomic E-state index is 0.499. The number of aliphatic hydroxyl groups is 1. The molecule has 0 saturated carbocycles. The van der Waals surface area contributed by atoms with E-state index in [-0.39, 0.29) is 0 Å². The predicted molar refractivity (Wildman–Crippen MR) is 60.8 cm³/mol. The normalized spacial score (nSPS) is 14.7. The van der Waals surface area contributed by atoms with Gasteiger partial charge < -0.3 is 10.4 Å². The third kappa shape index (κ3) is 4.25. The van der Waals surface area contributed by atoms with Gasteiger partial charge in [0.1, 0.15) is 5.82 Å². The molecule has 1 aromatic rings. The molecule has 4 heteroatoms. The van der Waals surface area contributed by atoms with Gasteiger partial charge in [-0.3, -0.25) is 0 Å². The molecule has 1 atom stereocenters. The average molecular weight is 209 g/mol. The molecular weight excluding hydrogens is 190 g/mol. The van der Waals surface area contributed by atoms with Gasteiger partial charge in [0.25, 0.3) is 0 Å². The van der Waals surface area contributed by atoms with Crippen LogP contribution in [0.3, 0.4) is 0 Å². The van der Waals surface area contributed by atoms with E-state index in [0.717, 1.165) is 18.4 Å². The molecule has 1 aromatic heterocycles. The monoisotopic (exact) mass is 209 g/mol. The standard InChI is InChI=1S/C11H19N3O/c1-4-5-11(3,15)8-12-10-6-9(2)7-13-14-10/h6-7,15H,4-5,8H2,1-3H3,(H,12,14). The lowest BCUT2D eigenvalue weighted by molar-refractivity contribution is 0.0636. The van der Waals surface area contributed by atoms with E-state index in [1.807, 2.05) is 19.9 Å². The van der Waals surface area contributed by atoms with Crippen LogP contribution in [0.5, 0.6) is 0 Å². The number of aryl methyl sites for hydroxylation is 1. The van der Waals surface area contributed by atoms with Crippen molar-refractivity contribution in [2.75, 3.05) is 11.9 Å². The van der Waals surface area contributed by atoms with E-state index in [1.165, 1.54) is 0 Å². The Morgan fingerprint density at radius 3 is 2.87 bits per heavy atom. The van der Waals surface area contributed by atoms with Crippen molar-refractivity contribution in [3.8, 4) is 0 Å². The topological polar surface area (TPSA) is 58.0 Å². The lowest BCUT2D eigenvalue weighted by Crippen LogP contribution is -2.33. The summed E-state index contributed by atoms with van der Waals surface area (Å²) in [5.74, 6) is 0.714. The summed E-state index contributed by atoms with van der Waals surface area (Å²) in [4.78, 5) is 0. The van der Waals surface area contributed by atoms with Crippen LogP contribution in [0.25, 0.3) is 0 Å². The van der Waals surface area contributed by atoms with Crippen LogP contribution < -0.4 is 5.32 Å². The lowest BCUT2D eigenvalue weighted by atomic mass is 10.0. The summed E-state index contributed by atoms with van der Waals surface area (Å²) in [5, 5.41) is 20.8. The molecule has 84 valence electrons. The third-order valence-corrected chi connectivity index (χ3v) is 2.23. The van der Waals surface area contributed by atoms with Crippen LogP contribution in [0, 0.1) is 6.92 Å². The molecule has 1 rings (SSSR count). The van der Waals surface area contributed by atoms with E-state index in [0.29, 0.717) is 12.4 Å². The van der Waals surface area contributed by atoms with Gasteiger partial charge in [0, 0.05) is 6.54 Å². The fraction of sp³-hybridized carbons (Fsp3) is 0.636. The zero-order chi connectivity index (χ0) is 11.3. The van der Waals surface area contributed by atoms with Gasteiger partial charge in [0.05, 0.1) is 11.8 Å². The molecule has 0 fully saturated rings. The van der Waals surface area contributed by atoms with Crippen molar-refractivity contribution in [1.29, 1.82) is 0 Å². The van der Waals surface area contributed by atoms with Gasteiger partial charge in [0.15, 0.2) is 0 Å². The molecule has 2 N–H and O–H groups in total. The number of rotatable bonds is 5. The number of hydrogen-bond donors (Lipinski definition) is 2. The summed E-state index contributed by atoms with van der Waals surface area (Å²) < 4.78 is 0. The number of nitrogens with zero attached hydrogens (tertiary/aromatic N) is 2. The molecule has 0 aliphatic carbocycles. The van der Waals surface area contributed by atoms with Crippen molar-refractivity contribution in [3.63, 3.8) is 0 Å². The van der Waals surface area contributed by atoms with Crippen LogP contribution in [-0.2, 0) is 0 Å². The Kier molecular flexibility index (Phi) is 4.03. The fourth-order valence-electron chi connectivity index (χ4n) is 1.46. The Labute approximate surface area is 90.7 Å². The van der Waals surface area contributed by atoms with Crippen LogP contribution in [0.15, 0.2) is 12.3 Å². The molecule has 0 saturated heterocycles. The van der Waals surface area contributed by atoms with E-state index in [2.05, 4.69) is 22.4 Å². The highest BCUT2D eigenvalue weighted by Gasteiger charge is 2.18. The number of anilines is 1. The van der Waals surface area contributed by atoms with Crippen molar-refractivity contribution >= 4 is 5.82 Å².